The molecule has 0 N–H and O–H groups in total. The summed E-state index contributed by atoms with van der Waals surface area (Å²) in [5, 5.41) is 0. The van der Waals surface area contributed by atoms with Gasteiger partial charge in [0.05, 0.1) is 0 Å². The molecule has 0 bridgehead atoms. The Hall–Kier alpha value is -3.18. The molecular formula is C26H30N4O. The Bertz CT molecular complexity index is 884. The minimum absolute atomic E-state index is 0.242. The minimum atomic E-state index is 0.242. The molecule has 4 rings (SSSR count). The van der Waals surface area contributed by atoms with Crippen molar-refractivity contribution in [2.24, 2.45) is 0 Å². The second-order valence-electron chi connectivity index (χ2n) is 7.99. The fourth-order valence-corrected chi connectivity index (χ4v) is 4.03. The maximum Gasteiger partial charge on any atom is 0.223 e. The predicted octanol–water partition coefficient (Wildman–Crippen LogP) is 3.82. The lowest BCUT2D eigenvalue weighted by Gasteiger charge is -2.35. The van der Waals surface area contributed by atoms with Crippen molar-refractivity contribution >= 4 is 11.7 Å². The minimum Gasteiger partial charge on any atom is -0.353 e. The van der Waals surface area contributed by atoms with E-state index >= 15 is 0 Å². The van der Waals surface area contributed by atoms with Crippen LogP contribution in [0.3, 0.4) is 0 Å². The molecule has 5 nitrogen and oxygen atoms in total. The van der Waals surface area contributed by atoms with Gasteiger partial charge in [0.25, 0.3) is 0 Å². The molecule has 0 aliphatic carbocycles. The highest BCUT2D eigenvalue weighted by molar-refractivity contribution is 5.76. The molecule has 1 aliphatic rings. The van der Waals surface area contributed by atoms with Gasteiger partial charge in [0.2, 0.25) is 5.91 Å². The fourth-order valence-electron chi connectivity index (χ4n) is 4.03. The van der Waals surface area contributed by atoms with Crippen LogP contribution in [0.15, 0.2) is 85.1 Å². The first-order chi connectivity index (χ1) is 15.3. The number of nitrogens with zero attached hydrogens (tertiary/aromatic N) is 4. The van der Waals surface area contributed by atoms with Crippen LogP contribution in [-0.2, 0) is 17.9 Å². The van der Waals surface area contributed by atoms with Gasteiger partial charge in [-0.15, -0.1) is 0 Å². The summed E-state index contributed by atoms with van der Waals surface area (Å²) < 4.78 is 0. The van der Waals surface area contributed by atoms with Crippen LogP contribution in [0.25, 0.3) is 0 Å². The zero-order valence-electron chi connectivity index (χ0n) is 17.9. The molecule has 2 heterocycles. The molecule has 0 unspecified atom stereocenters. The topological polar surface area (TPSA) is 39.7 Å². The first-order valence-corrected chi connectivity index (χ1v) is 11.0. The Kier molecular flexibility index (Phi) is 7.29. The van der Waals surface area contributed by atoms with Crippen molar-refractivity contribution in [1.29, 1.82) is 0 Å². The van der Waals surface area contributed by atoms with E-state index in [9.17, 15) is 4.79 Å². The maximum absolute atomic E-state index is 12.9. The van der Waals surface area contributed by atoms with E-state index in [0.29, 0.717) is 6.42 Å². The number of carbonyl (C=O) groups excluding carboxylic acids is 1. The van der Waals surface area contributed by atoms with Crippen LogP contribution < -0.4 is 4.90 Å². The molecule has 31 heavy (non-hydrogen) atoms. The molecule has 160 valence electrons. The van der Waals surface area contributed by atoms with Crippen molar-refractivity contribution in [3.8, 4) is 0 Å². The van der Waals surface area contributed by atoms with E-state index in [1.54, 1.807) is 0 Å². The number of rotatable bonds is 8. The standard InChI is InChI=1S/C26H30N4O/c31-26(30-19-17-29(18-20-30)25-13-7-8-15-27-25)14-16-28(21-23-9-3-1-4-10-23)22-24-11-5-2-6-12-24/h1-13,15H,14,16-22H2. The number of benzene rings is 2. The van der Waals surface area contributed by atoms with Gasteiger partial charge in [-0.2, -0.15) is 0 Å². The van der Waals surface area contributed by atoms with Crippen molar-refractivity contribution in [3.05, 3.63) is 96.2 Å². The second-order valence-corrected chi connectivity index (χ2v) is 7.99. The zero-order valence-corrected chi connectivity index (χ0v) is 17.9. The van der Waals surface area contributed by atoms with Crippen molar-refractivity contribution in [3.63, 3.8) is 0 Å². The summed E-state index contributed by atoms with van der Waals surface area (Å²) in [5.74, 6) is 1.23. The molecule has 0 spiro atoms. The molecule has 0 radical (unpaired) electrons. The smallest absolute Gasteiger partial charge is 0.223 e. The van der Waals surface area contributed by atoms with Crippen molar-refractivity contribution in [2.75, 3.05) is 37.6 Å². The monoisotopic (exact) mass is 414 g/mol. The molecular weight excluding hydrogens is 384 g/mol. The first-order valence-electron chi connectivity index (χ1n) is 11.0. The molecule has 3 aromatic rings. The van der Waals surface area contributed by atoms with Crippen molar-refractivity contribution in [1.82, 2.24) is 14.8 Å². The fraction of sp³-hybridized carbons (Fsp3) is 0.308. The third-order valence-electron chi connectivity index (χ3n) is 5.75. The summed E-state index contributed by atoms with van der Waals surface area (Å²) in [6, 6.07) is 26.9. The molecule has 1 saturated heterocycles. The van der Waals surface area contributed by atoms with Crippen LogP contribution >= 0.6 is 0 Å². The van der Waals surface area contributed by atoms with Gasteiger partial charge in [0.1, 0.15) is 5.82 Å². The van der Waals surface area contributed by atoms with Gasteiger partial charge in [-0.05, 0) is 23.3 Å². The predicted molar refractivity (Wildman–Crippen MR) is 125 cm³/mol. The van der Waals surface area contributed by atoms with E-state index in [1.165, 1.54) is 11.1 Å². The molecule has 0 saturated carbocycles. The van der Waals surface area contributed by atoms with Gasteiger partial charge in [-0.3, -0.25) is 9.69 Å². The molecule has 0 atom stereocenters. The van der Waals surface area contributed by atoms with Gasteiger partial charge < -0.3 is 9.80 Å². The summed E-state index contributed by atoms with van der Waals surface area (Å²) in [7, 11) is 0. The number of pyridine rings is 1. The quantitative estimate of drug-likeness (QED) is 0.562. The Morgan fingerprint density at radius 2 is 1.35 bits per heavy atom. The molecule has 1 aliphatic heterocycles. The van der Waals surface area contributed by atoms with E-state index in [1.807, 2.05) is 41.4 Å². The summed E-state index contributed by atoms with van der Waals surface area (Å²) in [4.78, 5) is 24.0. The van der Waals surface area contributed by atoms with Gasteiger partial charge in [0.15, 0.2) is 0 Å². The second kappa shape index (κ2) is 10.7. The SMILES string of the molecule is O=C(CCN(Cc1ccccc1)Cc1ccccc1)N1CCN(c2ccccn2)CC1. The highest BCUT2D eigenvalue weighted by Crippen LogP contribution is 2.14. The van der Waals surface area contributed by atoms with Crippen LogP contribution in [0, 0.1) is 0 Å². The van der Waals surface area contributed by atoms with Crippen molar-refractivity contribution in [2.45, 2.75) is 19.5 Å². The zero-order chi connectivity index (χ0) is 21.3. The Balaban J connectivity index is 1.31. The summed E-state index contributed by atoms with van der Waals surface area (Å²) in [6.45, 7) is 5.62. The van der Waals surface area contributed by atoms with Gasteiger partial charge in [-0.25, -0.2) is 4.98 Å². The van der Waals surface area contributed by atoms with Gasteiger partial charge in [-0.1, -0.05) is 66.7 Å². The number of hydrogen-bond acceptors (Lipinski definition) is 4. The molecule has 1 amide bonds. The largest absolute Gasteiger partial charge is 0.353 e. The van der Waals surface area contributed by atoms with Crippen LogP contribution in [-0.4, -0.2) is 53.4 Å². The first kappa shape index (κ1) is 21.1. The molecule has 1 fully saturated rings. The Labute approximate surface area is 184 Å². The van der Waals surface area contributed by atoms with Crippen LogP contribution in [0.2, 0.25) is 0 Å². The summed E-state index contributed by atoms with van der Waals surface area (Å²) >= 11 is 0. The number of aromatic nitrogens is 1. The summed E-state index contributed by atoms with van der Waals surface area (Å²) in [6.07, 6.45) is 2.37. The van der Waals surface area contributed by atoms with E-state index < -0.39 is 0 Å². The highest BCUT2D eigenvalue weighted by atomic mass is 16.2. The Morgan fingerprint density at radius 3 is 1.90 bits per heavy atom. The third-order valence-corrected chi connectivity index (χ3v) is 5.75. The molecule has 5 heteroatoms. The third kappa shape index (κ3) is 6.15. The highest BCUT2D eigenvalue weighted by Gasteiger charge is 2.22. The number of anilines is 1. The summed E-state index contributed by atoms with van der Waals surface area (Å²) in [5.41, 5.74) is 2.55. The van der Waals surface area contributed by atoms with Crippen molar-refractivity contribution < 1.29 is 4.79 Å². The van der Waals surface area contributed by atoms with E-state index in [4.69, 9.17) is 0 Å². The normalized spacial score (nSPS) is 14.1. The van der Waals surface area contributed by atoms with Gasteiger partial charge >= 0.3 is 0 Å². The van der Waals surface area contributed by atoms with Crippen LogP contribution in [0.1, 0.15) is 17.5 Å². The molecule has 1 aromatic heterocycles. The number of hydrogen-bond donors (Lipinski definition) is 0. The average molecular weight is 415 g/mol. The average Bonchev–Trinajstić information content (AvgIpc) is 2.84. The number of carbonyl (C=O) groups is 1. The maximum atomic E-state index is 12.9. The Morgan fingerprint density at radius 1 is 0.774 bits per heavy atom. The molecule has 2 aromatic carbocycles. The van der Waals surface area contributed by atoms with E-state index in [-0.39, 0.29) is 5.91 Å². The van der Waals surface area contributed by atoms with Crippen LogP contribution in [0.5, 0.6) is 0 Å². The number of piperazine rings is 1. The van der Waals surface area contributed by atoms with Crippen LogP contribution in [0.4, 0.5) is 5.82 Å². The van der Waals surface area contributed by atoms with E-state index in [0.717, 1.165) is 51.6 Å². The lowest BCUT2D eigenvalue weighted by Crippen LogP contribution is -2.49. The van der Waals surface area contributed by atoms with Gasteiger partial charge in [0, 0.05) is 58.4 Å². The lowest BCUT2D eigenvalue weighted by atomic mass is 10.1. The lowest BCUT2D eigenvalue weighted by molar-refractivity contribution is -0.131. The van der Waals surface area contributed by atoms with E-state index in [2.05, 4.69) is 63.3 Å². The number of amides is 1.